The van der Waals surface area contributed by atoms with Gasteiger partial charge in [-0.2, -0.15) is 0 Å². The highest BCUT2D eigenvalue weighted by molar-refractivity contribution is 9.10. The van der Waals surface area contributed by atoms with Gasteiger partial charge in [-0.25, -0.2) is 9.78 Å². The first kappa shape index (κ1) is 26.1. The summed E-state index contributed by atoms with van der Waals surface area (Å²) in [7, 11) is 0. The lowest BCUT2D eigenvalue weighted by molar-refractivity contribution is 0.0719. The number of para-hydroxylation sites is 2. The lowest BCUT2D eigenvalue weighted by Gasteiger charge is -2.43. The van der Waals surface area contributed by atoms with Gasteiger partial charge in [0.15, 0.2) is 0 Å². The van der Waals surface area contributed by atoms with Gasteiger partial charge in [-0.3, -0.25) is 14.3 Å². The summed E-state index contributed by atoms with van der Waals surface area (Å²) < 4.78 is 2.69. The summed E-state index contributed by atoms with van der Waals surface area (Å²) in [6.07, 6.45) is 0.801. The average Bonchev–Trinajstić information content (AvgIpc) is 2.93. The summed E-state index contributed by atoms with van der Waals surface area (Å²) in [4.78, 5) is 36.1. The fourth-order valence-electron chi connectivity index (χ4n) is 5.28. The number of hydrogen-bond acceptors (Lipinski definition) is 4. The Bertz CT molecular complexity index is 1490. The van der Waals surface area contributed by atoms with Gasteiger partial charge in [0.2, 0.25) is 0 Å². The van der Waals surface area contributed by atoms with Crippen LogP contribution in [0.4, 0.5) is 10.5 Å². The molecule has 8 heteroatoms. The normalized spacial score (nSPS) is 16.9. The Hall–Kier alpha value is -3.49. The van der Waals surface area contributed by atoms with Gasteiger partial charge in [0.25, 0.3) is 5.56 Å². The van der Waals surface area contributed by atoms with E-state index >= 15 is 0 Å². The molecular formula is C30H32BrN5O2. The van der Waals surface area contributed by atoms with Crippen LogP contribution < -0.4 is 10.9 Å². The van der Waals surface area contributed by atoms with Gasteiger partial charge >= 0.3 is 6.03 Å². The van der Waals surface area contributed by atoms with Crippen LogP contribution in [-0.4, -0.2) is 51.1 Å². The molecule has 0 aliphatic carbocycles. The highest BCUT2D eigenvalue weighted by atomic mass is 79.9. The molecule has 2 unspecified atom stereocenters. The number of nitrogens with one attached hydrogen (secondary N) is 1. The second-order valence-electron chi connectivity index (χ2n) is 9.74. The van der Waals surface area contributed by atoms with E-state index in [0.717, 1.165) is 33.5 Å². The number of anilines is 1. The smallest absolute Gasteiger partial charge is 0.319 e. The lowest BCUT2D eigenvalue weighted by atomic mass is 10.1. The van der Waals surface area contributed by atoms with E-state index in [2.05, 4.69) is 40.0 Å². The van der Waals surface area contributed by atoms with Crippen LogP contribution in [0.2, 0.25) is 0 Å². The first-order valence-corrected chi connectivity index (χ1v) is 13.8. The Morgan fingerprint density at radius 1 is 1.03 bits per heavy atom. The number of carbonyl (C=O) groups is 1. The Morgan fingerprint density at radius 2 is 1.74 bits per heavy atom. The van der Waals surface area contributed by atoms with Crippen molar-refractivity contribution in [2.45, 2.75) is 38.9 Å². The van der Waals surface area contributed by atoms with E-state index in [1.807, 2.05) is 88.3 Å². The number of nitrogens with zero attached hydrogens (tertiary/aromatic N) is 4. The number of fused-ring (bicyclic) bond motifs is 1. The summed E-state index contributed by atoms with van der Waals surface area (Å²) >= 11 is 3.50. The second-order valence-corrected chi connectivity index (χ2v) is 10.6. The molecule has 7 nitrogen and oxygen atoms in total. The van der Waals surface area contributed by atoms with Gasteiger partial charge in [0.05, 0.1) is 29.2 Å². The highest BCUT2D eigenvalue weighted by Crippen LogP contribution is 2.28. The predicted molar refractivity (Wildman–Crippen MR) is 155 cm³/mol. The molecule has 0 saturated carbocycles. The van der Waals surface area contributed by atoms with Crippen LogP contribution >= 0.6 is 15.9 Å². The quantitative estimate of drug-likeness (QED) is 0.312. The molecule has 1 fully saturated rings. The summed E-state index contributed by atoms with van der Waals surface area (Å²) in [5.41, 5.74) is 2.51. The maximum Gasteiger partial charge on any atom is 0.322 e. The topological polar surface area (TPSA) is 70.5 Å². The number of urea groups is 1. The van der Waals surface area contributed by atoms with Crippen LogP contribution in [0.5, 0.6) is 0 Å². The number of rotatable bonds is 6. The first-order valence-electron chi connectivity index (χ1n) is 13.1. The van der Waals surface area contributed by atoms with Gasteiger partial charge in [-0.15, -0.1) is 0 Å². The molecule has 3 aromatic carbocycles. The zero-order chi connectivity index (χ0) is 26.6. The summed E-state index contributed by atoms with van der Waals surface area (Å²) in [6, 6.07) is 25.1. The second kappa shape index (κ2) is 11.5. The molecule has 1 aromatic heterocycles. The van der Waals surface area contributed by atoms with Crippen molar-refractivity contribution in [3.63, 3.8) is 0 Å². The average molecular weight is 575 g/mol. The number of aromatic nitrogens is 2. The molecule has 4 aromatic rings. The van der Waals surface area contributed by atoms with Crippen molar-refractivity contribution in [1.82, 2.24) is 19.4 Å². The molecule has 5 rings (SSSR count). The van der Waals surface area contributed by atoms with Crippen molar-refractivity contribution in [3.8, 4) is 0 Å². The van der Waals surface area contributed by atoms with Gasteiger partial charge in [0, 0.05) is 30.1 Å². The Labute approximate surface area is 231 Å². The molecular weight excluding hydrogens is 542 g/mol. The minimum absolute atomic E-state index is 0.00459. The standard InChI is InChI=1S/C30H32BrN5O2/c1-3-27(34-17-18-35(21(2)19-34)30(38)33-26-16-10-8-14-24(26)31)28-32-25-15-9-7-13-23(25)29(37)36(28)20-22-11-5-4-6-12-22/h4-16,21,27H,3,17-20H2,1-2H3,(H,33,38). The summed E-state index contributed by atoms with van der Waals surface area (Å²) in [5, 5.41) is 3.66. The molecule has 1 saturated heterocycles. The Balaban J connectivity index is 1.42. The van der Waals surface area contributed by atoms with Crippen LogP contribution in [0.25, 0.3) is 10.9 Å². The zero-order valence-corrected chi connectivity index (χ0v) is 23.3. The van der Waals surface area contributed by atoms with Gasteiger partial charge < -0.3 is 10.2 Å². The fraction of sp³-hybridized carbons (Fsp3) is 0.300. The van der Waals surface area contributed by atoms with E-state index in [-0.39, 0.29) is 23.7 Å². The number of halogens is 1. The monoisotopic (exact) mass is 573 g/mol. The summed E-state index contributed by atoms with van der Waals surface area (Å²) in [5.74, 6) is 0.776. The van der Waals surface area contributed by atoms with E-state index in [1.54, 1.807) is 0 Å². The van der Waals surface area contributed by atoms with Gasteiger partial charge in [0.1, 0.15) is 5.82 Å². The lowest BCUT2D eigenvalue weighted by Crippen LogP contribution is -2.56. The van der Waals surface area contributed by atoms with Crippen LogP contribution in [0.3, 0.4) is 0 Å². The van der Waals surface area contributed by atoms with Crippen LogP contribution in [-0.2, 0) is 6.54 Å². The maximum absolute atomic E-state index is 13.7. The number of amides is 2. The molecule has 38 heavy (non-hydrogen) atoms. The third-order valence-electron chi connectivity index (χ3n) is 7.24. The number of hydrogen-bond donors (Lipinski definition) is 1. The molecule has 2 amide bonds. The van der Waals surface area contributed by atoms with Crippen LogP contribution in [0, 0.1) is 0 Å². The minimum atomic E-state index is -0.109. The molecule has 2 atom stereocenters. The third-order valence-corrected chi connectivity index (χ3v) is 7.93. The van der Waals surface area contributed by atoms with Crippen LogP contribution in [0.15, 0.2) is 88.1 Å². The Kier molecular flexibility index (Phi) is 7.90. The van der Waals surface area contributed by atoms with Gasteiger partial charge in [-0.1, -0.05) is 61.5 Å². The molecule has 0 bridgehead atoms. The number of benzene rings is 3. The number of piperazine rings is 1. The van der Waals surface area contributed by atoms with Gasteiger partial charge in [-0.05, 0) is 59.1 Å². The predicted octanol–water partition coefficient (Wildman–Crippen LogP) is 5.90. The molecule has 1 aliphatic rings. The highest BCUT2D eigenvalue weighted by Gasteiger charge is 2.33. The molecule has 0 radical (unpaired) electrons. The van der Waals surface area contributed by atoms with E-state index in [9.17, 15) is 9.59 Å². The maximum atomic E-state index is 13.7. The van der Waals surface area contributed by atoms with Crippen molar-refractivity contribution >= 4 is 38.6 Å². The number of carbonyl (C=O) groups excluding carboxylic acids is 1. The van der Waals surface area contributed by atoms with E-state index in [0.29, 0.717) is 31.6 Å². The largest absolute Gasteiger partial charge is 0.322 e. The van der Waals surface area contributed by atoms with Crippen molar-refractivity contribution in [1.29, 1.82) is 0 Å². The summed E-state index contributed by atoms with van der Waals surface area (Å²) in [6.45, 7) is 6.65. The van der Waals surface area contributed by atoms with Crippen molar-refractivity contribution in [3.05, 3.63) is 105 Å². The molecule has 1 N–H and O–H groups in total. The molecule has 0 spiro atoms. The van der Waals surface area contributed by atoms with E-state index < -0.39 is 0 Å². The van der Waals surface area contributed by atoms with Crippen molar-refractivity contribution < 1.29 is 4.79 Å². The Morgan fingerprint density at radius 3 is 2.47 bits per heavy atom. The van der Waals surface area contributed by atoms with Crippen molar-refractivity contribution in [2.75, 3.05) is 25.0 Å². The SMILES string of the molecule is CCC(c1nc2ccccc2c(=O)n1Cc1ccccc1)N1CCN(C(=O)Nc2ccccc2Br)C(C)C1. The molecule has 2 heterocycles. The third kappa shape index (κ3) is 5.37. The molecule has 196 valence electrons. The van der Waals surface area contributed by atoms with Crippen molar-refractivity contribution in [2.24, 2.45) is 0 Å². The fourth-order valence-corrected chi connectivity index (χ4v) is 5.67. The first-order chi connectivity index (χ1) is 18.5. The van der Waals surface area contributed by atoms with E-state index in [4.69, 9.17) is 4.98 Å². The molecule has 1 aliphatic heterocycles. The van der Waals surface area contributed by atoms with E-state index in [1.165, 1.54) is 0 Å². The minimum Gasteiger partial charge on any atom is -0.319 e. The van der Waals surface area contributed by atoms with Crippen LogP contribution in [0.1, 0.15) is 37.7 Å². The zero-order valence-electron chi connectivity index (χ0n) is 21.7.